The van der Waals surface area contributed by atoms with Crippen LogP contribution in [0.15, 0.2) is 72.1 Å². The van der Waals surface area contributed by atoms with E-state index in [9.17, 15) is 14.4 Å². The summed E-state index contributed by atoms with van der Waals surface area (Å²) in [6.45, 7) is 3.85. The van der Waals surface area contributed by atoms with Gasteiger partial charge in [0.15, 0.2) is 6.61 Å². The molecule has 0 radical (unpaired) electrons. The summed E-state index contributed by atoms with van der Waals surface area (Å²) in [5.41, 5.74) is 1.51. The van der Waals surface area contributed by atoms with Gasteiger partial charge in [-0.2, -0.15) is 0 Å². The standard InChI is InChI=1S/C22H22N2O4S/c1-2-13-23(17-8-4-3-5-9-17)20(25)15-28-22(27)12-14-24-18-10-6-7-11-19(18)29-16-21(24)26/h2-11H,1,12-16H2. The Kier molecular flexibility index (Phi) is 7.08. The zero-order chi connectivity index (χ0) is 20.6. The van der Waals surface area contributed by atoms with Gasteiger partial charge in [-0.1, -0.05) is 36.4 Å². The van der Waals surface area contributed by atoms with Gasteiger partial charge in [-0.25, -0.2) is 0 Å². The zero-order valence-corrected chi connectivity index (χ0v) is 16.8. The van der Waals surface area contributed by atoms with Crippen LogP contribution in [-0.2, 0) is 19.1 Å². The van der Waals surface area contributed by atoms with Crippen molar-refractivity contribution >= 4 is 40.9 Å². The van der Waals surface area contributed by atoms with Gasteiger partial charge >= 0.3 is 5.97 Å². The minimum atomic E-state index is -0.520. The quantitative estimate of drug-likeness (QED) is 0.494. The number of benzene rings is 2. The molecule has 6 nitrogen and oxygen atoms in total. The number of carbonyl (C=O) groups is 3. The summed E-state index contributed by atoms with van der Waals surface area (Å²) < 4.78 is 5.16. The van der Waals surface area contributed by atoms with Crippen LogP contribution in [0.4, 0.5) is 11.4 Å². The van der Waals surface area contributed by atoms with E-state index >= 15 is 0 Å². The molecule has 0 bridgehead atoms. The van der Waals surface area contributed by atoms with Crippen LogP contribution in [-0.4, -0.2) is 43.2 Å². The van der Waals surface area contributed by atoms with Crippen LogP contribution < -0.4 is 9.80 Å². The zero-order valence-electron chi connectivity index (χ0n) is 16.0. The molecule has 3 rings (SSSR count). The molecule has 2 aromatic rings. The van der Waals surface area contributed by atoms with Crippen LogP contribution >= 0.6 is 11.8 Å². The third-order valence-electron chi connectivity index (χ3n) is 4.39. The lowest BCUT2D eigenvalue weighted by molar-refractivity contribution is -0.147. The van der Waals surface area contributed by atoms with Crippen LogP contribution in [0.2, 0.25) is 0 Å². The first-order chi connectivity index (χ1) is 14.1. The van der Waals surface area contributed by atoms with E-state index in [1.807, 2.05) is 42.5 Å². The van der Waals surface area contributed by atoms with Crippen LogP contribution in [0.5, 0.6) is 0 Å². The molecule has 7 heteroatoms. The van der Waals surface area contributed by atoms with E-state index in [-0.39, 0.29) is 31.4 Å². The Bertz CT molecular complexity index is 901. The highest BCUT2D eigenvalue weighted by molar-refractivity contribution is 8.00. The second-order valence-corrected chi connectivity index (χ2v) is 7.36. The van der Waals surface area contributed by atoms with E-state index in [2.05, 4.69) is 6.58 Å². The minimum absolute atomic E-state index is 0.0187. The van der Waals surface area contributed by atoms with Gasteiger partial charge in [0.1, 0.15) is 0 Å². The lowest BCUT2D eigenvalue weighted by Crippen LogP contribution is -2.38. The highest BCUT2D eigenvalue weighted by Gasteiger charge is 2.25. The molecule has 0 N–H and O–H groups in total. The van der Waals surface area contributed by atoms with Gasteiger partial charge in [-0.15, -0.1) is 18.3 Å². The van der Waals surface area contributed by atoms with E-state index in [0.29, 0.717) is 18.0 Å². The summed E-state index contributed by atoms with van der Waals surface area (Å²) in [4.78, 5) is 41.0. The Labute approximate surface area is 174 Å². The molecule has 2 amide bonds. The second-order valence-electron chi connectivity index (χ2n) is 6.34. The van der Waals surface area contributed by atoms with Gasteiger partial charge in [0, 0.05) is 23.7 Å². The number of ether oxygens (including phenoxy) is 1. The Morgan fingerprint density at radius 1 is 1.14 bits per heavy atom. The lowest BCUT2D eigenvalue weighted by atomic mass is 10.2. The molecule has 1 aliphatic heterocycles. The molecule has 0 saturated heterocycles. The Hall–Kier alpha value is -3.06. The molecule has 0 spiro atoms. The Balaban J connectivity index is 1.54. The first-order valence-corrected chi connectivity index (χ1v) is 10.2. The van der Waals surface area contributed by atoms with E-state index < -0.39 is 5.97 Å². The van der Waals surface area contributed by atoms with Gasteiger partial charge in [-0.05, 0) is 24.3 Å². The van der Waals surface area contributed by atoms with Gasteiger partial charge in [0.2, 0.25) is 5.91 Å². The molecular formula is C22H22N2O4S. The SMILES string of the molecule is C=CCN(C(=O)COC(=O)CCN1C(=O)CSc2ccccc21)c1ccccc1. The van der Waals surface area contributed by atoms with Crippen molar-refractivity contribution in [2.45, 2.75) is 11.3 Å². The summed E-state index contributed by atoms with van der Waals surface area (Å²) in [5.74, 6) is -0.550. The van der Waals surface area contributed by atoms with Crippen molar-refractivity contribution in [3.05, 3.63) is 67.3 Å². The number of carbonyl (C=O) groups excluding carboxylic acids is 3. The van der Waals surface area contributed by atoms with Crippen molar-refractivity contribution in [2.24, 2.45) is 0 Å². The number of amides is 2. The summed E-state index contributed by atoms with van der Waals surface area (Å²) in [6.07, 6.45) is 1.63. The Morgan fingerprint density at radius 3 is 2.62 bits per heavy atom. The number of rotatable bonds is 8. The number of esters is 1. The third kappa shape index (κ3) is 5.26. The van der Waals surface area contributed by atoms with Gasteiger partial charge < -0.3 is 14.5 Å². The number of para-hydroxylation sites is 2. The van der Waals surface area contributed by atoms with Gasteiger partial charge in [-0.3, -0.25) is 14.4 Å². The topological polar surface area (TPSA) is 66.9 Å². The number of hydrogen-bond donors (Lipinski definition) is 0. The molecule has 0 saturated carbocycles. The van der Waals surface area contributed by atoms with Crippen molar-refractivity contribution in [3.63, 3.8) is 0 Å². The normalized spacial score (nSPS) is 12.8. The third-order valence-corrected chi connectivity index (χ3v) is 5.43. The van der Waals surface area contributed by atoms with Crippen LogP contribution in [0.25, 0.3) is 0 Å². The Morgan fingerprint density at radius 2 is 1.86 bits per heavy atom. The average Bonchev–Trinajstić information content (AvgIpc) is 2.75. The molecule has 0 fully saturated rings. The number of nitrogens with zero attached hydrogens (tertiary/aromatic N) is 2. The highest BCUT2D eigenvalue weighted by Crippen LogP contribution is 2.34. The van der Waals surface area contributed by atoms with Crippen molar-refractivity contribution in [1.29, 1.82) is 0 Å². The van der Waals surface area contributed by atoms with Crippen molar-refractivity contribution in [2.75, 3.05) is 35.2 Å². The van der Waals surface area contributed by atoms with Gasteiger partial charge in [0.25, 0.3) is 5.91 Å². The van der Waals surface area contributed by atoms with E-state index in [4.69, 9.17) is 4.74 Å². The van der Waals surface area contributed by atoms with Crippen LogP contribution in [0, 0.1) is 0 Å². The molecule has 0 unspecified atom stereocenters. The molecule has 0 aromatic heterocycles. The molecule has 2 aromatic carbocycles. The maximum atomic E-state index is 12.5. The number of fused-ring (bicyclic) bond motifs is 1. The highest BCUT2D eigenvalue weighted by atomic mass is 32.2. The van der Waals surface area contributed by atoms with Crippen molar-refractivity contribution < 1.29 is 19.1 Å². The first-order valence-electron chi connectivity index (χ1n) is 9.24. The second kappa shape index (κ2) is 9.93. The summed E-state index contributed by atoms with van der Waals surface area (Å²) >= 11 is 1.49. The first kappa shape index (κ1) is 20.7. The molecule has 1 aliphatic rings. The predicted octanol–water partition coefficient (Wildman–Crippen LogP) is 3.28. The number of thioether (sulfide) groups is 1. The summed E-state index contributed by atoms with van der Waals surface area (Å²) in [6, 6.07) is 16.7. The maximum Gasteiger partial charge on any atom is 0.308 e. The molecule has 29 heavy (non-hydrogen) atoms. The number of anilines is 2. The molecule has 0 atom stereocenters. The van der Waals surface area contributed by atoms with Crippen LogP contribution in [0.3, 0.4) is 0 Å². The molecular weight excluding hydrogens is 388 g/mol. The monoisotopic (exact) mass is 410 g/mol. The van der Waals surface area contributed by atoms with Crippen molar-refractivity contribution in [3.8, 4) is 0 Å². The largest absolute Gasteiger partial charge is 0.455 e. The lowest BCUT2D eigenvalue weighted by Gasteiger charge is -2.28. The number of hydrogen-bond acceptors (Lipinski definition) is 5. The fourth-order valence-electron chi connectivity index (χ4n) is 2.98. The maximum absolute atomic E-state index is 12.5. The molecule has 150 valence electrons. The molecule has 0 aliphatic carbocycles. The van der Waals surface area contributed by atoms with E-state index in [1.54, 1.807) is 23.1 Å². The smallest absolute Gasteiger partial charge is 0.308 e. The van der Waals surface area contributed by atoms with Gasteiger partial charge in [0.05, 0.1) is 17.9 Å². The van der Waals surface area contributed by atoms with E-state index in [1.165, 1.54) is 16.7 Å². The summed E-state index contributed by atoms with van der Waals surface area (Å²) in [5, 5.41) is 0. The van der Waals surface area contributed by atoms with E-state index in [0.717, 1.165) is 10.6 Å². The minimum Gasteiger partial charge on any atom is -0.455 e. The fraction of sp³-hybridized carbons (Fsp3) is 0.227. The fourth-order valence-corrected chi connectivity index (χ4v) is 3.92. The molecule has 1 heterocycles. The van der Waals surface area contributed by atoms with Crippen LogP contribution in [0.1, 0.15) is 6.42 Å². The average molecular weight is 410 g/mol. The predicted molar refractivity (Wildman–Crippen MR) is 114 cm³/mol. The summed E-state index contributed by atoms with van der Waals surface area (Å²) in [7, 11) is 0. The van der Waals surface area contributed by atoms with Crippen molar-refractivity contribution in [1.82, 2.24) is 0 Å².